The lowest BCUT2D eigenvalue weighted by molar-refractivity contribution is -0.128. The number of nitrogens with one attached hydrogen (secondary N) is 1. The minimum atomic E-state index is -0.266. The van der Waals surface area contributed by atoms with Gasteiger partial charge in [-0.2, -0.15) is 0 Å². The van der Waals surface area contributed by atoms with E-state index in [0.29, 0.717) is 13.2 Å². The van der Waals surface area contributed by atoms with Gasteiger partial charge in [0.25, 0.3) is 0 Å². The van der Waals surface area contributed by atoms with Crippen LogP contribution in [0.2, 0.25) is 0 Å². The van der Waals surface area contributed by atoms with E-state index in [0.717, 1.165) is 30.0 Å². The highest BCUT2D eigenvalue weighted by Gasteiger charge is 2.28. The van der Waals surface area contributed by atoms with Crippen molar-refractivity contribution in [2.75, 3.05) is 26.3 Å². The highest BCUT2D eigenvalue weighted by molar-refractivity contribution is 5.82. The van der Waals surface area contributed by atoms with Gasteiger partial charge in [-0.15, -0.1) is 0 Å². The van der Waals surface area contributed by atoms with Gasteiger partial charge in [-0.1, -0.05) is 24.3 Å². The number of ether oxygens (including phenoxy) is 1. The Morgan fingerprint density at radius 1 is 1.28 bits per heavy atom. The molecular weight excluding hydrogens is 316 g/mol. The fraction of sp³-hybridized carbons (Fsp3) is 0.474. The first-order valence-electron chi connectivity index (χ1n) is 8.73. The minimum absolute atomic E-state index is 0.0122. The molecule has 1 fully saturated rings. The van der Waals surface area contributed by atoms with E-state index in [2.05, 4.69) is 28.2 Å². The standard InChI is InChI=1S/C19H26N4O2/c1-14-6-4-5-7-16(14)17(18-20-8-9-22(18)3)21-19(24)15(2)23-10-12-25-13-11-23/h4-9,15,17H,10-13H2,1-3H3,(H,21,24). The molecule has 0 aliphatic carbocycles. The molecule has 6 heteroatoms. The molecular formula is C19H26N4O2. The normalized spacial score (nSPS) is 17.9. The quantitative estimate of drug-likeness (QED) is 0.898. The Kier molecular flexibility index (Phi) is 5.50. The highest BCUT2D eigenvalue weighted by atomic mass is 16.5. The highest BCUT2D eigenvalue weighted by Crippen LogP contribution is 2.24. The van der Waals surface area contributed by atoms with Crippen molar-refractivity contribution in [1.82, 2.24) is 19.8 Å². The van der Waals surface area contributed by atoms with Crippen molar-refractivity contribution in [1.29, 1.82) is 0 Å². The molecule has 134 valence electrons. The number of hydrogen-bond acceptors (Lipinski definition) is 4. The van der Waals surface area contributed by atoms with Gasteiger partial charge in [0.05, 0.1) is 19.3 Å². The van der Waals surface area contributed by atoms with Gasteiger partial charge in [-0.25, -0.2) is 4.98 Å². The van der Waals surface area contributed by atoms with Crippen LogP contribution in [-0.4, -0.2) is 52.7 Å². The second-order valence-electron chi connectivity index (χ2n) is 6.52. The summed E-state index contributed by atoms with van der Waals surface area (Å²) in [5, 5.41) is 3.21. The minimum Gasteiger partial charge on any atom is -0.379 e. The van der Waals surface area contributed by atoms with Gasteiger partial charge in [-0.3, -0.25) is 9.69 Å². The number of aromatic nitrogens is 2. The van der Waals surface area contributed by atoms with Crippen LogP contribution in [0, 0.1) is 6.92 Å². The molecule has 0 bridgehead atoms. The number of morpholine rings is 1. The third-order valence-corrected chi connectivity index (χ3v) is 4.88. The van der Waals surface area contributed by atoms with Crippen molar-refractivity contribution in [3.8, 4) is 0 Å². The van der Waals surface area contributed by atoms with Crippen molar-refractivity contribution in [3.05, 3.63) is 53.6 Å². The summed E-state index contributed by atoms with van der Waals surface area (Å²) in [5.74, 6) is 0.843. The molecule has 1 saturated heterocycles. The van der Waals surface area contributed by atoms with Gasteiger partial charge in [-0.05, 0) is 25.0 Å². The largest absolute Gasteiger partial charge is 0.379 e. The lowest BCUT2D eigenvalue weighted by Crippen LogP contribution is -2.50. The van der Waals surface area contributed by atoms with E-state index < -0.39 is 0 Å². The molecule has 2 unspecified atom stereocenters. The molecule has 2 atom stereocenters. The second-order valence-corrected chi connectivity index (χ2v) is 6.52. The molecule has 0 saturated carbocycles. The lowest BCUT2D eigenvalue weighted by atomic mass is 10.00. The van der Waals surface area contributed by atoms with Crippen LogP contribution in [0.5, 0.6) is 0 Å². The number of rotatable bonds is 5. The molecule has 1 aromatic heterocycles. The summed E-state index contributed by atoms with van der Waals surface area (Å²) in [6, 6.07) is 7.65. The zero-order valence-corrected chi connectivity index (χ0v) is 15.1. The number of imidazole rings is 1. The van der Waals surface area contributed by atoms with Crippen molar-refractivity contribution < 1.29 is 9.53 Å². The maximum atomic E-state index is 12.9. The molecule has 0 spiro atoms. The van der Waals surface area contributed by atoms with E-state index in [1.807, 2.05) is 42.9 Å². The Morgan fingerprint density at radius 2 is 2.00 bits per heavy atom. The summed E-state index contributed by atoms with van der Waals surface area (Å²) in [5.41, 5.74) is 2.20. The summed E-state index contributed by atoms with van der Waals surface area (Å²) >= 11 is 0. The van der Waals surface area contributed by atoms with E-state index in [1.54, 1.807) is 6.20 Å². The van der Waals surface area contributed by atoms with Crippen molar-refractivity contribution >= 4 is 5.91 Å². The van der Waals surface area contributed by atoms with Gasteiger partial charge >= 0.3 is 0 Å². The SMILES string of the molecule is Cc1ccccc1C(NC(=O)C(C)N1CCOCC1)c1nccn1C. The van der Waals surface area contributed by atoms with Crippen LogP contribution in [-0.2, 0) is 16.6 Å². The van der Waals surface area contributed by atoms with Crippen LogP contribution in [0.25, 0.3) is 0 Å². The maximum Gasteiger partial charge on any atom is 0.237 e. The lowest BCUT2D eigenvalue weighted by Gasteiger charge is -2.32. The van der Waals surface area contributed by atoms with Gasteiger partial charge in [0.15, 0.2) is 0 Å². The number of nitrogens with zero attached hydrogens (tertiary/aromatic N) is 3. The van der Waals surface area contributed by atoms with Crippen LogP contribution in [0.15, 0.2) is 36.7 Å². The monoisotopic (exact) mass is 342 g/mol. The Hall–Kier alpha value is -2.18. The summed E-state index contributed by atoms with van der Waals surface area (Å²) in [6.07, 6.45) is 3.66. The topological polar surface area (TPSA) is 59.4 Å². The third-order valence-electron chi connectivity index (χ3n) is 4.88. The van der Waals surface area contributed by atoms with E-state index >= 15 is 0 Å². The van der Waals surface area contributed by atoms with Gasteiger partial charge in [0, 0.05) is 32.5 Å². The summed E-state index contributed by atoms with van der Waals surface area (Å²) < 4.78 is 7.34. The zero-order chi connectivity index (χ0) is 17.8. The predicted octanol–water partition coefficient (Wildman–Crippen LogP) is 1.65. The van der Waals surface area contributed by atoms with Gasteiger partial charge in [0.2, 0.25) is 5.91 Å². The zero-order valence-electron chi connectivity index (χ0n) is 15.1. The van der Waals surface area contributed by atoms with Crippen molar-refractivity contribution in [3.63, 3.8) is 0 Å². The average Bonchev–Trinajstić information content (AvgIpc) is 3.06. The van der Waals surface area contributed by atoms with E-state index in [1.165, 1.54) is 0 Å². The van der Waals surface area contributed by atoms with Crippen LogP contribution in [0.1, 0.15) is 29.9 Å². The Morgan fingerprint density at radius 3 is 2.64 bits per heavy atom. The van der Waals surface area contributed by atoms with Gasteiger partial charge in [0.1, 0.15) is 11.9 Å². The van der Waals surface area contributed by atoms with Crippen LogP contribution < -0.4 is 5.32 Å². The van der Waals surface area contributed by atoms with E-state index in [-0.39, 0.29) is 18.0 Å². The van der Waals surface area contributed by atoms with Gasteiger partial charge < -0.3 is 14.6 Å². The molecule has 2 heterocycles. The molecule has 6 nitrogen and oxygen atoms in total. The number of benzene rings is 1. The van der Waals surface area contributed by atoms with E-state index in [4.69, 9.17) is 4.74 Å². The molecule has 1 amide bonds. The molecule has 0 radical (unpaired) electrons. The molecule has 1 N–H and O–H groups in total. The maximum absolute atomic E-state index is 12.9. The third kappa shape index (κ3) is 3.91. The van der Waals surface area contributed by atoms with Crippen LogP contribution in [0.3, 0.4) is 0 Å². The molecule has 25 heavy (non-hydrogen) atoms. The Bertz CT molecular complexity index is 722. The Labute approximate surface area is 148 Å². The molecule has 1 aliphatic rings. The number of amides is 1. The fourth-order valence-electron chi connectivity index (χ4n) is 3.24. The molecule has 3 rings (SSSR count). The first-order chi connectivity index (χ1) is 12.1. The molecule has 1 aromatic carbocycles. The number of carbonyl (C=O) groups is 1. The fourth-order valence-corrected chi connectivity index (χ4v) is 3.24. The number of aryl methyl sites for hydroxylation is 2. The predicted molar refractivity (Wildman–Crippen MR) is 96.2 cm³/mol. The summed E-state index contributed by atoms with van der Waals surface area (Å²) in [7, 11) is 1.95. The Balaban J connectivity index is 1.84. The molecule has 1 aliphatic heterocycles. The number of hydrogen-bond donors (Lipinski definition) is 1. The average molecular weight is 342 g/mol. The first kappa shape index (κ1) is 17.6. The van der Waals surface area contributed by atoms with E-state index in [9.17, 15) is 4.79 Å². The van der Waals surface area contributed by atoms with Crippen molar-refractivity contribution in [2.45, 2.75) is 25.9 Å². The summed E-state index contributed by atoms with van der Waals surface area (Å²) in [6.45, 7) is 6.94. The summed E-state index contributed by atoms with van der Waals surface area (Å²) in [4.78, 5) is 19.5. The van der Waals surface area contributed by atoms with Crippen molar-refractivity contribution in [2.24, 2.45) is 7.05 Å². The smallest absolute Gasteiger partial charge is 0.237 e. The second kappa shape index (κ2) is 7.80. The molecule has 2 aromatic rings. The van der Waals surface area contributed by atoms with Crippen LogP contribution >= 0.6 is 0 Å². The number of carbonyl (C=O) groups excluding carboxylic acids is 1. The van der Waals surface area contributed by atoms with Crippen LogP contribution in [0.4, 0.5) is 0 Å². The first-order valence-corrected chi connectivity index (χ1v) is 8.73.